The van der Waals surface area contributed by atoms with Crippen molar-refractivity contribution < 1.29 is 0 Å². The lowest BCUT2D eigenvalue weighted by Crippen LogP contribution is -2.00. The number of para-hydroxylation sites is 2. The molecule has 0 N–H and O–H groups in total. The van der Waals surface area contributed by atoms with Gasteiger partial charge < -0.3 is 4.57 Å². The molecule has 0 amide bonds. The van der Waals surface area contributed by atoms with Gasteiger partial charge in [-0.05, 0) is 41.8 Å². The summed E-state index contributed by atoms with van der Waals surface area (Å²) in [4.78, 5) is 16.0. The molecule has 0 saturated heterocycles. The van der Waals surface area contributed by atoms with Crippen molar-refractivity contribution in [3.8, 4) is 39.2 Å². The van der Waals surface area contributed by atoms with Crippen LogP contribution in [0.2, 0.25) is 0 Å². The minimum absolute atomic E-state index is 0.656. The molecule has 5 heteroatoms. The fourth-order valence-corrected chi connectivity index (χ4v) is 6.41. The van der Waals surface area contributed by atoms with E-state index in [9.17, 15) is 0 Å². The first-order valence-corrected chi connectivity index (χ1v) is 14.0. The number of fused-ring (bicyclic) bond motifs is 4. The van der Waals surface area contributed by atoms with Crippen LogP contribution in [0.3, 0.4) is 0 Å². The topological polar surface area (TPSA) is 43.6 Å². The maximum atomic E-state index is 5.02. The fraction of sp³-hybridized carbons (Fsp3) is 0. The summed E-state index contributed by atoms with van der Waals surface area (Å²) in [5, 5.41) is 3.67. The molecule has 0 bridgehead atoms. The van der Waals surface area contributed by atoms with Gasteiger partial charge in [-0.2, -0.15) is 0 Å². The highest BCUT2D eigenvalue weighted by Gasteiger charge is 2.16. The molecule has 5 aromatic carbocycles. The zero-order valence-electron chi connectivity index (χ0n) is 21.4. The average molecular weight is 531 g/mol. The van der Waals surface area contributed by atoms with E-state index in [1.807, 2.05) is 30.3 Å². The molecular formula is C35H22N4S. The molecule has 3 heterocycles. The SMILES string of the molecule is c1ccc(-c2nc(-c3cccc(-n4c5ccccc5c5ccccc54)c3)nc(-c3cc4ccccc4s3)n2)cc1. The first-order valence-electron chi connectivity index (χ1n) is 13.2. The van der Waals surface area contributed by atoms with Crippen molar-refractivity contribution in [2.45, 2.75) is 0 Å². The zero-order valence-corrected chi connectivity index (χ0v) is 22.2. The van der Waals surface area contributed by atoms with Crippen molar-refractivity contribution in [3.05, 3.63) is 133 Å². The lowest BCUT2D eigenvalue weighted by molar-refractivity contribution is 1.08. The number of hydrogen-bond donors (Lipinski definition) is 0. The van der Waals surface area contributed by atoms with Gasteiger partial charge in [-0.1, -0.05) is 97.1 Å². The van der Waals surface area contributed by atoms with Gasteiger partial charge in [-0.15, -0.1) is 11.3 Å². The summed E-state index contributed by atoms with van der Waals surface area (Å²) in [6, 6.07) is 46.3. The Morgan fingerprint density at radius 2 is 1.07 bits per heavy atom. The van der Waals surface area contributed by atoms with Gasteiger partial charge in [0, 0.05) is 32.3 Å². The second-order valence-corrected chi connectivity index (χ2v) is 10.8. The van der Waals surface area contributed by atoms with E-state index in [0.29, 0.717) is 17.5 Å². The molecule has 188 valence electrons. The molecule has 3 aromatic heterocycles. The minimum atomic E-state index is 0.656. The van der Waals surface area contributed by atoms with Gasteiger partial charge in [0.1, 0.15) is 0 Å². The predicted octanol–water partition coefficient (Wildman–Crippen LogP) is 9.18. The van der Waals surface area contributed by atoms with Crippen LogP contribution in [0.15, 0.2) is 133 Å². The number of nitrogens with zero attached hydrogens (tertiary/aromatic N) is 4. The number of hydrogen-bond acceptors (Lipinski definition) is 4. The van der Waals surface area contributed by atoms with E-state index in [1.165, 1.54) is 31.9 Å². The molecule has 4 nitrogen and oxygen atoms in total. The Balaban J connectivity index is 1.33. The Labute approximate surface area is 234 Å². The summed E-state index contributed by atoms with van der Waals surface area (Å²) in [6.45, 7) is 0. The van der Waals surface area contributed by atoms with Gasteiger partial charge in [-0.3, -0.25) is 0 Å². The van der Waals surface area contributed by atoms with E-state index < -0.39 is 0 Å². The summed E-state index contributed by atoms with van der Waals surface area (Å²) in [6.07, 6.45) is 0. The summed E-state index contributed by atoms with van der Waals surface area (Å²) < 4.78 is 3.54. The van der Waals surface area contributed by atoms with Crippen LogP contribution < -0.4 is 0 Å². The highest BCUT2D eigenvalue weighted by Crippen LogP contribution is 2.35. The van der Waals surface area contributed by atoms with Crippen molar-refractivity contribution in [1.29, 1.82) is 0 Å². The second kappa shape index (κ2) is 9.26. The van der Waals surface area contributed by atoms with Crippen LogP contribution in [0.4, 0.5) is 0 Å². The maximum absolute atomic E-state index is 5.02. The van der Waals surface area contributed by atoms with Crippen molar-refractivity contribution in [2.24, 2.45) is 0 Å². The first kappa shape index (κ1) is 22.8. The third-order valence-electron chi connectivity index (χ3n) is 7.26. The Bertz CT molecular complexity index is 2090. The number of thiophene rings is 1. The zero-order chi connectivity index (χ0) is 26.5. The molecule has 8 aromatic rings. The molecule has 40 heavy (non-hydrogen) atoms. The first-order chi connectivity index (χ1) is 19.8. The number of rotatable bonds is 4. The standard InChI is InChI=1S/C35H22N4S/c1-2-11-23(12-3-1)33-36-34(38-35(37-33)32-22-24-13-4-9-20-31(24)40-32)25-14-10-15-26(21-25)39-29-18-7-5-16-27(29)28-17-6-8-19-30(28)39/h1-22H. The van der Waals surface area contributed by atoms with Crippen LogP contribution in [-0.2, 0) is 0 Å². The highest BCUT2D eigenvalue weighted by molar-refractivity contribution is 7.22. The van der Waals surface area contributed by atoms with Crippen LogP contribution in [0.1, 0.15) is 0 Å². The Kier molecular flexibility index (Phi) is 5.28. The fourth-order valence-electron chi connectivity index (χ4n) is 5.41. The molecule has 0 aliphatic rings. The summed E-state index contributed by atoms with van der Waals surface area (Å²) in [5.41, 5.74) is 5.33. The molecule has 0 aliphatic carbocycles. The molecule has 0 unspecified atom stereocenters. The van der Waals surface area contributed by atoms with Gasteiger partial charge in [0.15, 0.2) is 17.5 Å². The number of benzene rings is 5. The number of aromatic nitrogens is 4. The van der Waals surface area contributed by atoms with Crippen LogP contribution in [0.25, 0.3) is 71.1 Å². The molecule has 8 rings (SSSR count). The smallest absolute Gasteiger partial charge is 0.174 e. The van der Waals surface area contributed by atoms with Gasteiger partial charge in [-0.25, -0.2) is 15.0 Å². The van der Waals surface area contributed by atoms with Crippen molar-refractivity contribution in [1.82, 2.24) is 19.5 Å². The Morgan fingerprint density at radius 3 is 1.82 bits per heavy atom. The van der Waals surface area contributed by atoms with Crippen LogP contribution in [0.5, 0.6) is 0 Å². The summed E-state index contributed by atoms with van der Waals surface area (Å²) in [7, 11) is 0. The average Bonchev–Trinajstić information content (AvgIpc) is 3.61. The van der Waals surface area contributed by atoms with E-state index in [-0.39, 0.29) is 0 Å². The van der Waals surface area contributed by atoms with E-state index in [4.69, 9.17) is 15.0 Å². The van der Waals surface area contributed by atoms with E-state index in [0.717, 1.165) is 21.7 Å². The molecule has 0 aliphatic heterocycles. The molecule has 0 radical (unpaired) electrons. The van der Waals surface area contributed by atoms with Crippen molar-refractivity contribution in [3.63, 3.8) is 0 Å². The third kappa shape index (κ3) is 3.79. The van der Waals surface area contributed by atoms with Crippen molar-refractivity contribution >= 4 is 43.2 Å². The molecule has 0 fully saturated rings. The van der Waals surface area contributed by atoms with E-state index in [2.05, 4.69) is 108 Å². The largest absolute Gasteiger partial charge is 0.309 e. The van der Waals surface area contributed by atoms with Crippen LogP contribution in [-0.4, -0.2) is 19.5 Å². The van der Waals surface area contributed by atoms with Gasteiger partial charge in [0.2, 0.25) is 0 Å². The lowest BCUT2D eigenvalue weighted by atomic mass is 10.1. The summed E-state index contributed by atoms with van der Waals surface area (Å²) in [5.74, 6) is 2.01. The molecular weight excluding hydrogens is 508 g/mol. The highest BCUT2D eigenvalue weighted by atomic mass is 32.1. The van der Waals surface area contributed by atoms with Crippen LogP contribution >= 0.6 is 11.3 Å². The van der Waals surface area contributed by atoms with Gasteiger partial charge in [0.05, 0.1) is 15.9 Å². The lowest BCUT2D eigenvalue weighted by Gasteiger charge is -2.11. The van der Waals surface area contributed by atoms with Crippen molar-refractivity contribution in [2.75, 3.05) is 0 Å². The van der Waals surface area contributed by atoms with E-state index in [1.54, 1.807) is 11.3 Å². The van der Waals surface area contributed by atoms with Gasteiger partial charge in [0.25, 0.3) is 0 Å². The predicted molar refractivity (Wildman–Crippen MR) is 166 cm³/mol. The van der Waals surface area contributed by atoms with E-state index >= 15 is 0 Å². The normalized spacial score (nSPS) is 11.5. The summed E-state index contributed by atoms with van der Waals surface area (Å²) >= 11 is 1.71. The Morgan fingerprint density at radius 1 is 0.475 bits per heavy atom. The molecule has 0 atom stereocenters. The molecule has 0 saturated carbocycles. The third-order valence-corrected chi connectivity index (χ3v) is 8.37. The van der Waals surface area contributed by atoms with Crippen LogP contribution in [0, 0.1) is 0 Å². The van der Waals surface area contributed by atoms with Gasteiger partial charge >= 0.3 is 0 Å². The quantitative estimate of drug-likeness (QED) is 0.228. The Hall–Kier alpha value is -5.13. The minimum Gasteiger partial charge on any atom is -0.309 e. The second-order valence-electron chi connectivity index (χ2n) is 9.74. The maximum Gasteiger partial charge on any atom is 0.174 e. The molecule has 0 spiro atoms. The monoisotopic (exact) mass is 530 g/mol.